The van der Waals surface area contributed by atoms with Gasteiger partial charge in [0, 0.05) is 35.3 Å². The van der Waals surface area contributed by atoms with Gasteiger partial charge in [0.25, 0.3) is 0 Å². The maximum atomic E-state index is 10.3. The zero-order valence-electron chi connectivity index (χ0n) is 37.1. The van der Waals surface area contributed by atoms with Crippen LogP contribution in [0.5, 0.6) is 0 Å². The first kappa shape index (κ1) is 45.4. The highest BCUT2D eigenvalue weighted by molar-refractivity contribution is 6.30. The standard InChI is InChI=1S/2C26H19ClN4.C3H7NO/c2*1-16-7-9-19(10-8-16)25-23-22(17-11-13-20(27)14-12-17)21(15-28)24(29-26(23)31-30-25)18-5-3-2-4-6-18;1-4(2)3-5/h2*2-14,22H,1H3,(H2,29,30,31);3H,1-2H3/t2*22-;/m11./s1. The van der Waals surface area contributed by atoms with Crippen molar-refractivity contribution in [1.82, 2.24) is 25.3 Å². The maximum Gasteiger partial charge on any atom is 0.209 e. The van der Waals surface area contributed by atoms with E-state index in [0.29, 0.717) is 21.2 Å². The van der Waals surface area contributed by atoms with Crippen LogP contribution in [-0.2, 0) is 4.79 Å². The minimum atomic E-state index is -0.274. The van der Waals surface area contributed by atoms with E-state index >= 15 is 0 Å². The highest BCUT2D eigenvalue weighted by Crippen LogP contribution is 2.49. The molecule has 12 heteroatoms. The first-order chi connectivity index (χ1) is 32.6. The first-order valence-electron chi connectivity index (χ1n) is 21.4. The van der Waals surface area contributed by atoms with Gasteiger partial charge in [0.05, 0.1) is 57.9 Å². The zero-order chi connectivity index (χ0) is 47.0. The van der Waals surface area contributed by atoms with Crippen LogP contribution in [0, 0.1) is 36.5 Å². The monoisotopic (exact) mass is 917 g/mol. The lowest BCUT2D eigenvalue weighted by Gasteiger charge is -2.27. The Morgan fingerprint density at radius 3 is 1.18 bits per heavy atom. The van der Waals surface area contributed by atoms with Crippen molar-refractivity contribution in [2.24, 2.45) is 0 Å². The molecule has 0 bridgehead atoms. The van der Waals surface area contributed by atoms with Crippen LogP contribution in [-0.4, -0.2) is 45.8 Å². The number of fused-ring (bicyclic) bond motifs is 2. The van der Waals surface area contributed by atoms with Crippen molar-refractivity contribution in [3.8, 4) is 34.7 Å². The van der Waals surface area contributed by atoms with Gasteiger partial charge in [-0.15, -0.1) is 0 Å². The van der Waals surface area contributed by atoms with Crippen molar-refractivity contribution in [1.29, 1.82) is 10.5 Å². The Morgan fingerprint density at radius 1 is 0.522 bits per heavy atom. The molecule has 67 heavy (non-hydrogen) atoms. The number of nitrogens with one attached hydrogen (secondary N) is 4. The molecule has 2 atom stereocenters. The molecule has 0 radical (unpaired) electrons. The summed E-state index contributed by atoms with van der Waals surface area (Å²) >= 11 is 12.3. The van der Waals surface area contributed by atoms with E-state index in [1.165, 1.54) is 16.0 Å². The van der Waals surface area contributed by atoms with Gasteiger partial charge in [0.2, 0.25) is 6.41 Å². The Morgan fingerprint density at radius 2 is 0.866 bits per heavy atom. The number of carbonyl (C=O) groups is 1. The fraction of sp³-hybridized carbons (Fsp3) is 0.109. The summed E-state index contributed by atoms with van der Waals surface area (Å²) in [5, 5.41) is 44.3. The van der Waals surface area contributed by atoms with E-state index in [1.54, 1.807) is 14.1 Å². The van der Waals surface area contributed by atoms with Gasteiger partial charge in [-0.25, -0.2) is 0 Å². The average Bonchev–Trinajstić information content (AvgIpc) is 3.99. The SMILES string of the molecule is CN(C)C=O.Cc1ccc(-c2[nH]nc3c2[C@H](c2ccc(Cl)cc2)C(C#N)=C(c2ccccc2)N3)cc1.Cc1ccc(-c2[nH]nc3c2[C@H](c2ccc(Cl)cc2)C(C#N)=C(c2ccccc2)N3)cc1. The molecular weight excluding hydrogens is 874 g/mol. The fourth-order valence-electron chi connectivity index (χ4n) is 8.17. The lowest BCUT2D eigenvalue weighted by atomic mass is 9.80. The molecule has 0 saturated carbocycles. The molecule has 2 aromatic heterocycles. The van der Waals surface area contributed by atoms with Crippen molar-refractivity contribution in [3.05, 3.63) is 223 Å². The lowest BCUT2D eigenvalue weighted by molar-refractivity contribution is -0.115. The predicted octanol–water partition coefficient (Wildman–Crippen LogP) is 12.8. The number of allylic oxidation sites excluding steroid dienone is 2. The third kappa shape index (κ3) is 9.78. The Labute approximate surface area is 399 Å². The number of nitriles is 2. The van der Waals surface area contributed by atoms with Crippen LogP contribution < -0.4 is 10.6 Å². The second kappa shape index (κ2) is 20.4. The quantitative estimate of drug-likeness (QED) is 0.116. The summed E-state index contributed by atoms with van der Waals surface area (Å²) in [6.07, 6.45) is 0.750. The second-order valence-electron chi connectivity index (χ2n) is 16.3. The van der Waals surface area contributed by atoms with Crippen LogP contribution in [0.4, 0.5) is 11.6 Å². The van der Waals surface area contributed by atoms with Gasteiger partial charge >= 0.3 is 0 Å². The fourth-order valence-corrected chi connectivity index (χ4v) is 8.42. The molecule has 0 saturated heterocycles. The largest absolute Gasteiger partial charge is 0.351 e. The molecule has 330 valence electrons. The van der Waals surface area contributed by atoms with E-state index in [1.807, 2.05) is 109 Å². The van der Waals surface area contributed by atoms with Crippen LogP contribution in [0.15, 0.2) is 169 Å². The van der Waals surface area contributed by atoms with Gasteiger partial charge in [-0.1, -0.05) is 168 Å². The van der Waals surface area contributed by atoms with Crippen LogP contribution in [0.25, 0.3) is 33.9 Å². The van der Waals surface area contributed by atoms with Crippen LogP contribution >= 0.6 is 23.2 Å². The summed E-state index contributed by atoms with van der Waals surface area (Å²) in [6, 6.07) is 56.7. The number of carbonyl (C=O) groups excluding carboxylic acids is 1. The zero-order valence-corrected chi connectivity index (χ0v) is 38.7. The number of aryl methyl sites for hydroxylation is 2. The van der Waals surface area contributed by atoms with E-state index in [2.05, 4.69) is 106 Å². The van der Waals surface area contributed by atoms with Gasteiger partial charge in [0.1, 0.15) is 0 Å². The molecule has 4 heterocycles. The van der Waals surface area contributed by atoms with Gasteiger partial charge in [-0.2, -0.15) is 20.7 Å². The number of nitrogens with zero attached hydrogens (tertiary/aromatic N) is 5. The number of benzene rings is 6. The van der Waals surface area contributed by atoms with Crippen molar-refractivity contribution in [3.63, 3.8) is 0 Å². The number of anilines is 2. The molecule has 2 aliphatic heterocycles. The number of aromatic nitrogens is 4. The molecular formula is C55H45Cl2N9O. The van der Waals surface area contributed by atoms with Crippen LogP contribution in [0.2, 0.25) is 10.0 Å². The van der Waals surface area contributed by atoms with E-state index < -0.39 is 0 Å². The molecule has 10 nitrogen and oxygen atoms in total. The summed E-state index contributed by atoms with van der Waals surface area (Å²) in [5.74, 6) is 0.911. The highest BCUT2D eigenvalue weighted by Gasteiger charge is 2.36. The van der Waals surface area contributed by atoms with Gasteiger partial charge in [-0.3, -0.25) is 15.0 Å². The number of rotatable bonds is 7. The summed E-state index contributed by atoms with van der Waals surface area (Å²) in [6.45, 7) is 4.12. The Kier molecular flexibility index (Phi) is 13.8. The smallest absolute Gasteiger partial charge is 0.209 e. The minimum absolute atomic E-state index is 0.274. The van der Waals surface area contributed by atoms with Gasteiger partial charge in [0.15, 0.2) is 11.6 Å². The van der Waals surface area contributed by atoms with E-state index in [9.17, 15) is 15.3 Å². The van der Waals surface area contributed by atoms with Crippen molar-refractivity contribution in [2.45, 2.75) is 25.7 Å². The molecule has 1 amide bonds. The number of amides is 1. The topological polar surface area (TPSA) is 149 Å². The van der Waals surface area contributed by atoms with Gasteiger partial charge < -0.3 is 15.5 Å². The third-order valence-electron chi connectivity index (χ3n) is 11.5. The molecule has 10 rings (SSSR count). The molecule has 8 aromatic rings. The Bertz CT molecular complexity index is 2950. The molecule has 0 aliphatic carbocycles. The van der Waals surface area contributed by atoms with Crippen molar-refractivity contribution < 1.29 is 4.79 Å². The summed E-state index contributed by atoms with van der Waals surface area (Å²) in [7, 11) is 3.38. The van der Waals surface area contributed by atoms with Crippen molar-refractivity contribution >= 4 is 52.6 Å². The van der Waals surface area contributed by atoms with Crippen molar-refractivity contribution in [2.75, 3.05) is 24.7 Å². The Balaban J connectivity index is 0.000000165. The number of hydrogen-bond donors (Lipinski definition) is 4. The molecule has 0 spiro atoms. The highest BCUT2D eigenvalue weighted by atomic mass is 35.5. The second-order valence-corrected chi connectivity index (χ2v) is 17.1. The summed E-state index contributed by atoms with van der Waals surface area (Å²) < 4.78 is 0. The van der Waals surface area contributed by atoms with Crippen LogP contribution in [0.1, 0.15) is 56.3 Å². The molecule has 6 aromatic carbocycles. The first-order valence-corrected chi connectivity index (χ1v) is 22.2. The molecule has 2 aliphatic rings. The number of halogens is 2. The normalized spacial score (nSPS) is 14.6. The van der Waals surface area contributed by atoms with E-state index in [4.69, 9.17) is 23.2 Å². The van der Waals surface area contributed by atoms with Gasteiger partial charge in [-0.05, 0) is 71.5 Å². The minimum Gasteiger partial charge on any atom is -0.351 e. The average molecular weight is 919 g/mol. The van der Waals surface area contributed by atoms with E-state index in [0.717, 1.165) is 85.3 Å². The summed E-state index contributed by atoms with van der Waals surface area (Å²) in [5.41, 5.74) is 14.9. The summed E-state index contributed by atoms with van der Waals surface area (Å²) in [4.78, 5) is 10.9. The molecule has 0 unspecified atom stereocenters. The predicted molar refractivity (Wildman–Crippen MR) is 269 cm³/mol. The van der Waals surface area contributed by atoms with Crippen LogP contribution in [0.3, 0.4) is 0 Å². The lowest BCUT2D eigenvalue weighted by Crippen LogP contribution is -2.17. The number of hydrogen-bond acceptors (Lipinski definition) is 7. The van der Waals surface area contributed by atoms with E-state index in [-0.39, 0.29) is 11.8 Å². The molecule has 4 N–H and O–H groups in total. The third-order valence-corrected chi connectivity index (χ3v) is 12.0. The number of H-pyrrole nitrogens is 2. The maximum absolute atomic E-state index is 10.3. The Hall–Kier alpha value is -8.15. The number of aromatic amines is 2. The molecule has 0 fully saturated rings.